The number of H-pyrrole nitrogens is 1. The highest BCUT2D eigenvalue weighted by Gasteiger charge is 2.35. The number of fused-ring (bicyclic) bond motifs is 6. The first-order valence-electron chi connectivity index (χ1n) is 7.81. The second-order valence-corrected chi connectivity index (χ2v) is 6.23. The lowest BCUT2D eigenvalue weighted by molar-refractivity contribution is 0.152. The molecule has 0 amide bonds. The molecule has 22 heavy (non-hydrogen) atoms. The van der Waals surface area contributed by atoms with Crippen molar-refractivity contribution < 1.29 is 9.15 Å². The topological polar surface area (TPSA) is 41.4 Å². The van der Waals surface area contributed by atoms with Crippen molar-refractivity contribution >= 4 is 10.9 Å². The Bertz CT molecular complexity index is 861. The first-order valence-corrected chi connectivity index (χ1v) is 7.81. The molecule has 0 unspecified atom stereocenters. The van der Waals surface area contributed by atoms with E-state index in [0.29, 0.717) is 6.04 Å². The summed E-state index contributed by atoms with van der Waals surface area (Å²) < 4.78 is 11.0. The van der Waals surface area contributed by atoms with E-state index in [1.54, 1.807) is 7.11 Å². The van der Waals surface area contributed by atoms with Gasteiger partial charge in [0.25, 0.3) is 0 Å². The van der Waals surface area contributed by atoms with Crippen LogP contribution in [0.5, 0.6) is 5.75 Å². The lowest BCUT2D eigenvalue weighted by Crippen LogP contribution is -2.38. The summed E-state index contributed by atoms with van der Waals surface area (Å²) in [4.78, 5) is 6.16. The minimum Gasteiger partial charge on any atom is -0.497 e. The number of ether oxygens (including phenoxy) is 1. The molecule has 1 N–H and O–H groups in total. The van der Waals surface area contributed by atoms with Crippen LogP contribution < -0.4 is 4.74 Å². The molecule has 0 fully saturated rings. The number of nitrogens with one attached hydrogen (secondary N) is 1. The van der Waals surface area contributed by atoms with Crippen LogP contribution in [0.25, 0.3) is 10.9 Å². The summed E-state index contributed by atoms with van der Waals surface area (Å²) in [5.41, 5.74) is 5.36. The smallest absolute Gasteiger partial charge is 0.119 e. The molecule has 0 radical (unpaired) electrons. The summed E-state index contributed by atoms with van der Waals surface area (Å²) >= 11 is 0. The first kappa shape index (κ1) is 12.4. The van der Waals surface area contributed by atoms with E-state index in [1.165, 1.54) is 33.5 Å². The van der Waals surface area contributed by atoms with E-state index >= 15 is 0 Å². The van der Waals surface area contributed by atoms with Crippen molar-refractivity contribution in [3.05, 3.63) is 53.1 Å². The van der Waals surface area contributed by atoms with Gasteiger partial charge in [-0.15, -0.1) is 0 Å². The van der Waals surface area contributed by atoms with Crippen LogP contribution in [0.1, 0.15) is 28.6 Å². The summed E-state index contributed by atoms with van der Waals surface area (Å²) in [6.07, 6.45) is 3.89. The molecule has 2 aliphatic heterocycles. The Hall–Kier alpha value is -2.20. The Balaban J connectivity index is 1.65. The van der Waals surface area contributed by atoms with Gasteiger partial charge in [-0.2, -0.15) is 0 Å². The van der Waals surface area contributed by atoms with Gasteiger partial charge in [0.15, 0.2) is 0 Å². The maximum absolute atomic E-state index is 5.64. The SMILES string of the molecule is COc1ccc2[nH]c3c(c2c1)C[C@H]1c2ccoc2CCN1C3. The molecule has 2 aromatic heterocycles. The minimum atomic E-state index is 0.445. The number of aromatic amines is 1. The molecule has 0 aliphatic carbocycles. The van der Waals surface area contributed by atoms with E-state index < -0.39 is 0 Å². The van der Waals surface area contributed by atoms with Crippen LogP contribution in [0.15, 0.2) is 34.9 Å². The summed E-state index contributed by atoms with van der Waals surface area (Å²) in [6.45, 7) is 2.06. The highest BCUT2D eigenvalue weighted by Crippen LogP contribution is 2.41. The van der Waals surface area contributed by atoms with Gasteiger partial charge in [-0.1, -0.05) is 0 Å². The second kappa shape index (κ2) is 4.40. The van der Waals surface area contributed by atoms with Gasteiger partial charge in [0.1, 0.15) is 11.5 Å². The molecule has 3 aromatic rings. The highest BCUT2D eigenvalue weighted by molar-refractivity contribution is 5.86. The van der Waals surface area contributed by atoms with Crippen LogP contribution in [-0.2, 0) is 19.4 Å². The number of methoxy groups -OCH3 is 1. The van der Waals surface area contributed by atoms with E-state index in [4.69, 9.17) is 9.15 Å². The zero-order valence-corrected chi connectivity index (χ0v) is 12.6. The van der Waals surface area contributed by atoms with Crippen molar-refractivity contribution in [2.24, 2.45) is 0 Å². The molecule has 0 spiro atoms. The molecule has 4 heteroatoms. The van der Waals surface area contributed by atoms with Crippen LogP contribution in [-0.4, -0.2) is 23.5 Å². The standard InChI is InChI=1S/C18H18N2O2/c1-21-11-2-3-15-13(8-11)14-9-17-12-5-7-22-18(12)4-6-20(17)10-16(14)19-15/h2-3,5,7-8,17,19H,4,6,9-10H2,1H3/t17-/m0/s1. The summed E-state index contributed by atoms with van der Waals surface area (Å²) in [7, 11) is 1.72. The van der Waals surface area contributed by atoms with Gasteiger partial charge in [0.05, 0.1) is 13.4 Å². The molecule has 112 valence electrons. The molecule has 5 rings (SSSR count). The number of rotatable bonds is 1. The fourth-order valence-corrected chi connectivity index (χ4v) is 4.05. The third kappa shape index (κ3) is 1.61. The molecule has 0 bridgehead atoms. The van der Waals surface area contributed by atoms with Crippen LogP contribution in [0.2, 0.25) is 0 Å². The molecular formula is C18H18N2O2. The molecule has 4 heterocycles. The number of aromatic nitrogens is 1. The maximum Gasteiger partial charge on any atom is 0.119 e. The second-order valence-electron chi connectivity index (χ2n) is 6.23. The van der Waals surface area contributed by atoms with Crippen molar-refractivity contribution in [1.29, 1.82) is 0 Å². The molecule has 0 saturated carbocycles. The average Bonchev–Trinajstić information content (AvgIpc) is 3.16. The zero-order chi connectivity index (χ0) is 14.7. The Morgan fingerprint density at radius 1 is 1.32 bits per heavy atom. The number of hydrogen-bond donors (Lipinski definition) is 1. The molecule has 1 aromatic carbocycles. The van der Waals surface area contributed by atoms with Crippen LogP contribution in [0.3, 0.4) is 0 Å². The highest BCUT2D eigenvalue weighted by atomic mass is 16.5. The summed E-state index contributed by atoms with van der Waals surface area (Å²) in [6, 6.07) is 8.88. The van der Waals surface area contributed by atoms with E-state index in [9.17, 15) is 0 Å². The van der Waals surface area contributed by atoms with E-state index in [-0.39, 0.29) is 0 Å². The molecule has 4 nitrogen and oxygen atoms in total. The molecule has 0 saturated heterocycles. The van der Waals surface area contributed by atoms with Crippen LogP contribution >= 0.6 is 0 Å². The Kier molecular flexibility index (Phi) is 2.47. The van der Waals surface area contributed by atoms with Crippen molar-refractivity contribution in [3.8, 4) is 5.75 Å². The van der Waals surface area contributed by atoms with Crippen molar-refractivity contribution in [1.82, 2.24) is 9.88 Å². The van der Waals surface area contributed by atoms with Gasteiger partial charge in [-0.05, 0) is 36.2 Å². The monoisotopic (exact) mass is 294 g/mol. The molecule has 2 aliphatic rings. The largest absolute Gasteiger partial charge is 0.497 e. The van der Waals surface area contributed by atoms with Crippen molar-refractivity contribution in [3.63, 3.8) is 0 Å². The number of nitrogens with zero attached hydrogens (tertiary/aromatic N) is 1. The van der Waals surface area contributed by atoms with Crippen LogP contribution in [0, 0.1) is 0 Å². The Morgan fingerprint density at radius 3 is 3.18 bits per heavy atom. The summed E-state index contributed by atoms with van der Waals surface area (Å²) in [5.74, 6) is 2.09. The number of benzene rings is 1. The van der Waals surface area contributed by atoms with Crippen LogP contribution in [0.4, 0.5) is 0 Å². The minimum absolute atomic E-state index is 0.445. The molecule has 1 atom stereocenters. The fourth-order valence-electron chi connectivity index (χ4n) is 4.05. The van der Waals surface area contributed by atoms with E-state index in [0.717, 1.165) is 31.7 Å². The normalized spacial score (nSPS) is 20.5. The van der Waals surface area contributed by atoms with Gasteiger partial charge in [0.2, 0.25) is 0 Å². The first-order chi connectivity index (χ1) is 10.8. The van der Waals surface area contributed by atoms with Gasteiger partial charge in [-0.25, -0.2) is 0 Å². The maximum atomic E-state index is 5.64. The summed E-state index contributed by atoms with van der Waals surface area (Å²) in [5, 5.41) is 1.30. The molecular weight excluding hydrogens is 276 g/mol. The van der Waals surface area contributed by atoms with E-state index in [1.807, 2.05) is 12.3 Å². The van der Waals surface area contributed by atoms with Gasteiger partial charge >= 0.3 is 0 Å². The quantitative estimate of drug-likeness (QED) is 0.747. The Labute approximate surface area is 128 Å². The number of furan rings is 1. The number of hydrogen-bond acceptors (Lipinski definition) is 3. The fraction of sp³-hybridized carbons (Fsp3) is 0.333. The Morgan fingerprint density at radius 2 is 2.27 bits per heavy atom. The van der Waals surface area contributed by atoms with Gasteiger partial charge in [0, 0.05) is 47.7 Å². The predicted octanol–water partition coefficient (Wildman–Crippen LogP) is 3.43. The lowest BCUT2D eigenvalue weighted by Gasteiger charge is -2.38. The van der Waals surface area contributed by atoms with Crippen molar-refractivity contribution in [2.45, 2.75) is 25.4 Å². The van der Waals surface area contributed by atoms with Crippen molar-refractivity contribution in [2.75, 3.05) is 13.7 Å². The lowest BCUT2D eigenvalue weighted by atomic mass is 9.89. The van der Waals surface area contributed by atoms with Gasteiger partial charge in [-0.3, -0.25) is 4.90 Å². The third-order valence-electron chi connectivity index (χ3n) is 5.17. The zero-order valence-electron chi connectivity index (χ0n) is 12.6. The van der Waals surface area contributed by atoms with E-state index in [2.05, 4.69) is 28.1 Å². The average molecular weight is 294 g/mol. The predicted molar refractivity (Wildman–Crippen MR) is 84.1 cm³/mol. The third-order valence-corrected chi connectivity index (χ3v) is 5.17. The van der Waals surface area contributed by atoms with Gasteiger partial charge < -0.3 is 14.1 Å².